The molecule has 0 aromatic carbocycles. The first-order valence-corrected chi connectivity index (χ1v) is 7.32. The Bertz CT molecular complexity index is 220. The van der Waals surface area contributed by atoms with Crippen molar-refractivity contribution in [2.24, 2.45) is 16.8 Å². The van der Waals surface area contributed by atoms with Gasteiger partial charge in [-0.05, 0) is 24.7 Å². The van der Waals surface area contributed by atoms with Gasteiger partial charge in [-0.2, -0.15) is 0 Å². The van der Waals surface area contributed by atoms with Crippen LogP contribution in [-0.2, 0) is 4.79 Å². The monoisotopic (exact) mass is 237 g/mol. The number of nitrogens with zero attached hydrogens (tertiary/aromatic N) is 1. The van der Waals surface area contributed by atoms with Crippen molar-refractivity contribution in [1.29, 1.82) is 0 Å². The maximum Gasteiger partial charge on any atom is 0.235 e. The van der Waals surface area contributed by atoms with E-state index in [1.54, 1.807) is 6.08 Å². The van der Waals surface area contributed by atoms with Crippen LogP contribution in [-0.4, -0.2) is 12.1 Å². The van der Waals surface area contributed by atoms with Crippen LogP contribution in [0.3, 0.4) is 0 Å². The second-order valence-corrected chi connectivity index (χ2v) is 5.72. The van der Waals surface area contributed by atoms with E-state index >= 15 is 0 Å². The zero-order chi connectivity index (χ0) is 12.5. The maximum absolute atomic E-state index is 10.1. The van der Waals surface area contributed by atoms with Gasteiger partial charge in [0, 0.05) is 0 Å². The quantitative estimate of drug-likeness (QED) is 0.488. The Hall–Kier alpha value is -0.620. The summed E-state index contributed by atoms with van der Waals surface area (Å²) in [5.74, 6) is 1.14. The van der Waals surface area contributed by atoms with Gasteiger partial charge >= 0.3 is 0 Å². The van der Waals surface area contributed by atoms with Crippen LogP contribution in [0.5, 0.6) is 0 Å². The second kappa shape index (κ2) is 8.47. The van der Waals surface area contributed by atoms with E-state index < -0.39 is 0 Å². The van der Waals surface area contributed by atoms with Gasteiger partial charge in [0.2, 0.25) is 6.08 Å². The molecular weight excluding hydrogens is 210 g/mol. The van der Waals surface area contributed by atoms with Crippen LogP contribution in [0.15, 0.2) is 4.99 Å². The number of isocyanates is 1. The highest BCUT2D eigenvalue weighted by molar-refractivity contribution is 5.33. The van der Waals surface area contributed by atoms with Gasteiger partial charge in [-0.25, -0.2) is 9.79 Å². The Morgan fingerprint density at radius 2 is 1.24 bits per heavy atom. The van der Waals surface area contributed by atoms with Gasteiger partial charge in [-0.15, -0.1) is 0 Å². The van der Waals surface area contributed by atoms with Crippen LogP contribution in [0.2, 0.25) is 0 Å². The molecule has 2 aliphatic carbocycles. The van der Waals surface area contributed by atoms with E-state index in [1.165, 1.54) is 57.8 Å². The molecule has 2 saturated carbocycles. The molecule has 2 rings (SSSR count). The van der Waals surface area contributed by atoms with Crippen molar-refractivity contribution >= 4 is 6.08 Å². The van der Waals surface area contributed by atoms with E-state index in [0.717, 1.165) is 0 Å². The van der Waals surface area contributed by atoms with Gasteiger partial charge in [0.1, 0.15) is 0 Å². The Balaban J connectivity index is 0.000000202. The largest absolute Gasteiger partial charge is 0.235 e. The van der Waals surface area contributed by atoms with Gasteiger partial charge in [0.25, 0.3) is 0 Å². The number of carbonyl (C=O) groups excluding carboxylic acids is 1. The summed E-state index contributed by atoms with van der Waals surface area (Å²) in [5.41, 5.74) is 0. The molecule has 2 aliphatic rings. The lowest BCUT2D eigenvalue weighted by Gasteiger charge is -2.30. The Labute approximate surface area is 106 Å². The summed E-state index contributed by atoms with van der Waals surface area (Å²) in [7, 11) is 0. The summed E-state index contributed by atoms with van der Waals surface area (Å²) in [6.07, 6.45) is 14.4. The van der Waals surface area contributed by atoms with Crippen LogP contribution in [0, 0.1) is 11.8 Å². The molecule has 0 aromatic rings. The molecule has 2 heteroatoms. The molecule has 0 saturated heterocycles. The number of aliphatic imine (C=N–C) groups is 1. The van der Waals surface area contributed by atoms with Crippen molar-refractivity contribution in [2.75, 3.05) is 0 Å². The second-order valence-electron chi connectivity index (χ2n) is 5.72. The Morgan fingerprint density at radius 3 is 1.59 bits per heavy atom. The van der Waals surface area contributed by atoms with Crippen molar-refractivity contribution in [3.05, 3.63) is 0 Å². The lowest BCUT2D eigenvalue weighted by molar-refractivity contribution is 0.252. The maximum atomic E-state index is 10.1. The minimum Gasteiger partial charge on any atom is -0.211 e. The molecule has 0 aliphatic heterocycles. The van der Waals surface area contributed by atoms with E-state index in [4.69, 9.17) is 0 Å². The summed E-state index contributed by atoms with van der Waals surface area (Å²) < 4.78 is 0. The Kier molecular flexibility index (Phi) is 7.19. The first-order chi connectivity index (χ1) is 8.25. The van der Waals surface area contributed by atoms with Crippen LogP contribution in [0.1, 0.15) is 71.6 Å². The van der Waals surface area contributed by atoms with E-state index in [0.29, 0.717) is 11.8 Å². The van der Waals surface area contributed by atoms with Gasteiger partial charge < -0.3 is 0 Å². The summed E-state index contributed by atoms with van der Waals surface area (Å²) in [6.45, 7) is 4.34. The van der Waals surface area contributed by atoms with Crippen LogP contribution in [0.25, 0.3) is 0 Å². The zero-order valence-electron chi connectivity index (χ0n) is 11.5. The average Bonchev–Trinajstić information content (AvgIpc) is 2.37. The Morgan fingerprint density at radius 1 is 0.824 bits per heavy atom. The molecule has 0 spiro atoms. The van der Waals surface area contributed by atoms with Gasteiger partial charge in [0.15, 0.2) is 0 Å². The molecule has 0 heterocycles. The average molecular weight is 237 g/mol. The molecule has 0 aromatic heterocycles. The van der Waals surface area contributed by atoms with Crippen LogP contribution in [0.4, 0.5) is 0 Å². The van der Waals surface area contributed by atoms with E-state index in [2.05, 4.69) is 18.8 Å². The lowest BCUT2D eigenvalue weighted by atomic mass is 9.79. The summed E-state index contributed by atoms with van der Waals surface area (Å²) in [4.78, 5) is 13.9. The highest BCUT2D eigenvalue weighted by Crippen LogP contribution is 2.30. The minimum atomic E-state index is 0.237. The minimum absolute atomic E-state index is 0.237. The summed E-state index contributed by atoms with van der Waals surface area (Å²) in [5, 5.41) is 0. The SMILES string of the molecule is C1CCCCC1.CC1CCCC(C)C1N=C=O. The van der Waals surface area contributed by atoms with Gasteiger partial charge in [-0.1, -0.05) is 58.8 Å². The molecule has 0 radical (unpaired) electrons. The third kappa shape index (κ3) is 5.50. The molecule has 0 amide bonds. The van der Waals surface area contributed by atoms with Crippen molar-refractivity contribution in [2.45, 2.75) is 77.7 Å². The van der Waals surface area contributed by atoms with Crippen molar-refractivity contribution in [3.8, 4) is 0 Å². The molecule has 2 atom stereocenters. The van der Waals surface area contributed by atoms with Crippen LogP contribution < -0.4 is 0 Å². The van der Waals surface area contributed by atoms with Gasteiger partial charge in [0.05, 0.1) is 6.04 Å². The first-order valence-electron chi connectivity index (χ1n) is 7.32. The molecule has 0 N–H and O–H groups in total. The standard InChI is InChI=1S/C9H15NO.C6H12/c1-7-4-3-5-8(2)9(7)10-6-11;1-2-4-6-5-3-1/h7-9H,3-5H2,1-2H3;1-6H2. The van der Waals surface area contributed by atoms with Crippen molar-refractivity contribution in [3.63, 3.8) is 0 Å². The molecule has 17 heavy (non-hydrogen) atoms. The highest BCUT2D eigenvalue weighted by Gasteiger charge is 2.26. The van der Waals surface area contributed by atoms with Gasteiger partial charge in [-0.3, -0.25) is 0 Å². The number of rotatable bonds is 1. The third-order valence-corrected chi connectivity index (χ3v) is 4.19. The zero-order valence-corrected chi connectivity index (χ0v) is 11.5. The first kappa shape index (κ1) is 14.4. The van der Waals surface area contributed by atoms with E-state index in [9.17, 15) is 4.79 Å². The summed E-state index contributed by atoms with van der Waals surface area (Å²) in [6, 6.07) is 0.237. The molecule has 0 bridgehead atoms. The molecule has 2 fully saturated rings. The molecular formula is C15H27NO. The fourth-order valence-corrected chi connectivity index (χ4v) is 3.04. The van der Waals surface area contributed by atoms with E-state index in [1.807, 2.05) is 0 Å². The number of hydrogen-bond acceptors (Lipinski definition) is 2. The topological polar surface area (TPSA) is 29.4 Å². The highest BCUT2D eigenvalue weighted by atomic mass is 16.1. The fraction of sp³-hybridized carbons (Fsp3) is 0.933. The fourth-order valence-electron chi connectivity index (χ4n) is 3.04. The van der Waals surface area contributed by atoms with Crippen molar-refractivity contribution < 1.29 is 4.79 Å². The van der Waals surface area contributed by atoms with Crippen LogP contribution >= 0.6 is 0 Å². The number of hydrogen-bond donors (Lipinski definition) is 0. The molecule has 2 unspecified atom stereocenters. The third-order valence-electron chi connectivity index (χ3n) is 4.19. The molecule has 2 nitrogen and oxygen atoms in total. The predicted molar refractivity (Wildman–Crippen MR) is 71.8 cm³/mol. The predicted octanol–water partition coefficient (Wildman–Crippen LogP) is 4.49. The van der Waals surface area contributed by atoms with E-state index in [-0.39, 0.29) is 6.04 Å². The van der Waals surface area contributed by atoms with Crippen molar-refractivity contribution in [1.82, 2.24) is 0 Å². The molecule has 98 valence electrons. The normalized spacial score (nSPS) is 32.9. The smallest absolute Gasteiger partial charge is 0.211 e. The lowest BCUT2D eigenvalue weighted by Crippen LogP contribution is -2.28. The summed E-state index contributed by atoms with van der Waals surface area (Å²) >= 11 is 0.